The van der Waals surface area contributed by atoms with Crippen LogP contribution in [0.25, 0.3) is 0 Å². The molecule has 0 aliphatic heterocycles. The Kier molecular flexibility index (Phi) is 8.96. The Hall–Kier alpha value is -3.99. The van der Waals surface area contributed by atoms with Gasteiger partial charge in [0.25, 0.3) is 0 Å². The Labute approximate surface area is 207 Å². The summed E-state index contributed by atoms with van der Waals surface area (Å²) in [5.74, 6) is 4.93. The number of hydrogen-bond acceptors (Lipinski definition) is 5. The number of nitrogens with zero attached hydrogens (tertiary/aromatic N) is 1. The summed E-state index contributed by atoms with van der Waals surface area (Å²) in [7, 11) is 0. The Morgan fingerprint density at radius 1 is 1.00 bits per heavy atom. The van der Waals surface area contributed by atoms with Gasteiger partial charge in [0.15, 0.2) is 0 Å². The number of ether oxygens (including phenoxy) is 2. The maximum absolute atomic E-state index is 13.4. The number of pyridine rings is 1. The van der Waals surface area contributed by atoms with Gasteiger partial charge < -0.3 is 14.6 Å². The number of hydrogen-bond donors (Lipinski definition) is 1. The molecule has 8 heteroatoms. The minimum Gasteiger partial charge on any atom is -0.508 e. The van der Waals surface area contributed by atoms with Gasteiger partial charge in [-0.2, -0.15) is 13.2 Å². The van der Waals surface area contributed by atoms with E-state index in [0.29, 0.717) is 48.1 Å². The molecular weight excluding hydrogens is 471 g/mol. The van der Waals surface area contributed by atoms with Crippen molar-refractivity contribution in [2.45, 2.75) is 39.3 Å². The zero-order valence-electron chi connectivity index (χ0n) is 20.0. The highest BCUT2D eigenvalue weighted by molar-refractivity contribution is 5.89. The van der Waals surface area contributed by atoms with E-state index < -0.39 is 23.5 Å². The average molecular weight is 498 g/mol. The van der Waals surface area contributed by atoms with Crippen molar-refractivity contribution in [3.63, 3.8) is 0 Å². The predicted molar refractivity (Wildman–Crippen MR) is 129 cm³/mol. The van der Waals surface area contributed by atoms with Crippen LogP contribution < -0.4 is 4.74 Å². The zero-order chi connectivity index (χ0) is 26.1. The lowest BCUT2D eigenvalue weighted by atomic mass is 9.97. The lowest BCUT2D eigenvalue weighted by molar-refractivity contribution is -0.137. The monoisotopic (exact) mass is 497 g/mol. The number of aromatic nitrogens is 1. The minimum absolute atomic E-state index is 0.217. The van der Waals surface area contributed by atoms with E-state index in [0.717, 1.165) is 24.1 Å². The van der Waals surface area contributed by atoms with E-state index in [1.165, 1.54) is 6.07 Å². The molecule has 36 heavy (non-hydrogen) atoms. The summed E-state index contributed by atoms with van der Waals surface area (Å²) in [5, 5.41) is 9.49. The van der Waals surface area contributed by atoms with Crippen LogP contribution in [0.1, 0.15) is 58.4 Å². The van der Waals surface area contributed by atoms with Crippen LogP contribution in [-0.4, -0.2) is 29.3 Å². The van der Waals surface area contributed by atoms with Gasteiger partial charge in [-0.1, -0.05) is 24.8 Å². The van der Waals surface area contributed by atoms with Crippen LogP contribution in [0.2, 0.25) is 0 Å². The summed E-state index contributed by atoms with van der Waals surface area (Å²) in [6.07, 6.45) is -1.06. The SMILES string of the molecule is CCCOc1ccc(CCc2cc(C(=O)OCC)ccc2C#Cc2ccc(O)cc2C(F)(F)F)cn1. The zero-order valence-corrected chi connectivity index (χ0v) is 20.0. The first-order valence-corrected chi connectivity index (χ1v) is 11.5. The molecule has 1 heterocycles. The van der Waals surface area contributed by atoms with E-state index in [1.54, 1.807) is 31.3 Å². The fraction of sp³-hybridized carbons (Fsp3) is 0.286. The molecule has 0 radical (unpaired) electrons. The van der Waals surface area contributed by atoms with Crippen LogP contribution in [0.3, 0.4) is 0 Å². The van der Waals surface area contributed by atoms with Crippen LogP contribution in [0, 0.1) is 11.8 Å². The van der Waals surface area contributed by atoms with Gasteiger partial charge in [0.1, 0.15) is 5.75 Å². The molecule has 0 saturated heterocycles. The van der Waals surface area contributed by atoms with Crippen LogP contribution in [0.4, 0.5) is 13.2 Å². The number of aromatic hydroxyl groups is 1. The first-order chi connectivity index (χ1) is 17.2. The van der Waals surface area contributed by atoms with E-state index in [-0.39, 0.29) is 12.2 Å². The lowest BCUT2D eigenvalue weighted by Crippen LogP contribution is -2.07. The van der Waals surface area contributed by atoms with E-state index in [1.807, 2.05) is 13.0 Å². The molecule has 188 valence electrons. The molecule has 0 saturated carbocycles. The molecule has 2 aromatic carbocycles. The summed E-state index contributed by atoms with van der Waals surface area (Å²) < 4.78 is 50.8. The standard InChI is InChI=1S/C28H26F3NO4/c1-3-15-36-26-14-6-19(18-32-26)5-7-22-16-23(27(34)35-4-2)11-9-20(22)8-10-21-12-13-24(33)17-25(21)28(29,30)31/h6,9,11-14,16-18,33H,3-5,7,15H2,1-2H3. The van der Waals surface area contributed by atoms with Gasteiger partial charge >= 0.3 is 12.1 Å². The number of rotatable bonds is 8. The van der Waals surface area contributed by atoms with Crippen LogP contribution in [0.15, 0.2) is 54.7 Å². The number of aryl methyl sites for hydroxylation is 2. The van der Waals surface area contributed by atoms with Crippen molar-refractivity contribution in [3.8, 4) is 23.5 Å². The maximum atomic E-state index is 13.4. The van der Waals surface area contributed by atoms with Gasteiger partial charge in [-0.15, -0.1) is 0 Å². The summed E-state index contributed by atoms with van der Waals surface area (Å²) in [4.78, 5) is 16.5. The summed E-state index contributed by atoms with van der Waals surface area (Å²) in [5.41, 5.74) is 1.16. The van der Waals surface area contributed by atoms with E-state index >= 15 is 0 Å². The van der Waals surface area contributed by atoms with Gasteiger partial charge in [-0.05, 0) is 73.7 Å². The van der Waals surface area contributed by atoms with Crippen molar-refractivity contribution in [2.24, 2.45) is 0 Å². The molecule has 1 N–H and O–H groups in total. The molecule has 0 bridgehead atoms. The third-order valence-corrected chi connectivity index (χ3v) is 5.19. The molecule has 5 nitrogen and oxygen atoms in total. The first kappa shape index (κ1) is 26.6. The van der Waals surface area contributed by atoms with Crippen molar-refractivity contribution >= 4 is 5.97 Å². The molecule has 0 spiro atoms. The maximum Gasteiger partial charge on any atom is 0.417 e. The van der Waals surface area contributed by atoms with Crippen molar-refractivity contribution in [1.29, 1.82) is 0 Å². The molecule has 0 aliphatic carbocycles. The number of halogens is 3. The number of esters is 1. The van der Waals surface area contributed by atoms with Gasteiger partial charge in [-0.25, -0.2) is 9.78 Å². The van der Waals surface area contributed by atoms with E-state index in [9.17, 15) is 23.1 Å². The van der Waals surface area contributed by atoms with Gasteiger partial charge in [-0.3, -0.25) is 0 Å². The van der Waals surface area contributed by atoms with Gasteiger partial charge in [0, 0.05) is 23.4 Å². The molecule has 0 amide bonds. The van der Waals surface area contributed by atoms with Crippen molar-refractivity contribution in [1.82, 2.24) is 4.98 Å². The third-order valence-electron chi connectivity index (χ3n) is 5.19. The van der Waals surface area contributed by atoms with Gasteiger partial charge in [0.05, 0.1) is 24.3 Å². The first-order valence-electron chi connectivity index (χ1n) is 11.5. The largest absolute Gasteiger partial charge is 0.508 e. The predicted octanol–water partition coefficient (Wildman–Crippen LogP) is 5.96. The molecule has 1 aromatic heterocycles. The van der Waals surface area contributed by atoms with Crippen LogP contribution in [0.5, 0.6) is 11.6 Å². The number of alkyl halides is 3. The molecule has 0 aliphatic rings. The highest BCUT2D eigenvalue weighted by Crippen LogP contribution is 2.34. The summed E-state index contributed by atoms with van der Waals surface area (Å²) >= 11 is 0. The third kappa shape index (κ3) is 7.25. The fourth-order valence-electron chi connectivity index (χ4n) is 3.40. The molecule has 0 unspecified atom stereocenters. The number of phenolic OH excluding ortho intramolecular Hbond substituents is 1. The normalized spacial score (nSPS) is 10.9. The molecule has 0 atom stereocenters. The second-order valence-electron chi connectivity index (χ2n) is 7.92. The van der Waals surface area contributed by atoms with Crippen molar-refractivity contribution < 1.29 is 32.5 Å². The highest BCUT2D eigenvalue weighted by atomic mass is 19.4. The Morgan fingerprint density at radius 3 is 2.42 bits per heavy atom. The quantitative estimate of drug-likeness (QED) is 0.307. The van der Waals surface area contributed by atoms with Gasteiger partial charge in [0.2, 0.25) is 5.88 Å². The smallest absolute Gasteiger partial charge is 0.417 e. The molecular formula is C28H26F3NO4. The topological polar surface area (TPSA) is 68.7 Å². The summed E-state index contributed by atoms with van der Waals surface area (Å²) in [6.45, 7) is 4.50. The minimum atomic E-state index is -4.67. The Morgan fingerprint density at radius 2 is 1.75 bits per heavy atom. The number of carbonyl (C=O) groups excluding carboxylic acids is 1. The summed E-state index contributed by atoms with van der Waals surface area (Å²) in [6, 6.07) is 11.4. The van der Waals surface area contributed by atoms with E-state index in [2.05, 4.69) is 16.8 Å². The second kappa shape index (κ2) is 12.1. The number of benzene rings is 2. The highest BCUT2D eigenvalue weighted by Gasteiger charge is 2.33. The Bertz CT molecular complexity index is 1260. The fourth-order valence-corrected chi connectivity index (χ4v) is 3.40. The second-order valence-corrected chi connectivity index (χ2v) is 7.92. The number of phenols is 1. The molecule has 0 fully saturated rings. The lowest BCUT2D eigenvalue weighted by Gasteiger charge is -2.10. The van der Waals surface area contributed by atoms with Crippen LogP contribution >= 0.6 is 0 Å². The molecule has 3 aromatic rings. The average Bonchev–Trinajstić information content (AvgIpc) is 2.86. The molecule has 3 rings (SSSR count). The van der Waals surface area contributed by atoms with E-state index in [4.69, 9.17) is 9.47 Å². The van der Waals surface area contributed by atoms with Crippen molar-refractivity contribution in [2.75, 3.05) is 13.2 Å². The number of carbonyl (C=O) groups is 1. The van der Waals surface area contributed by atoms with Crippen LogP contribution in [-0.2, 0) is 23.8 Å². The van der Waals surface area contributed by atoms with Crippen molar-refractivity contribution in [3.05, 3.63) is 88.1 Å². The Balaban J connectivity index is 1.91.